The van der Waals surface area contributed by atoms with E-state index in [1.165, 1.54) is 13.0 Å². The van der Waals surface area contributed by atoms with Gasteiger partial charge in [0.05, 0.1) is 0 Å². The largest absolute Gasteiger partial charge is 0.302 e. The first-order valence-electron chi connectivity index (χ1n) is 4.02. The molecule has 10 heavy (non-hydrogen) atoms. The minimum absolute atomic E-state index is 0.837. The van der Waals surface area contributed by atoms with Gasteiger partial charge in [-0.2, -0.15) is 0 Å². The van der Waals surface area contributed by atoms with Crippen molar-refractivity contribution in [3.05, 3.63) is 11.6 Å². The van der Waals surface area contributed by atoms with Crippen molar-refractivity contribution >= 4 is 0 Å². The summed E-state index contributed by atoms with van der Waals surface area (Å²) in [5, 5.41) is 0. The van der Waals surface area contributed by atoms with E-state index in [0.29, 0.717) is 0 Å². The molecular formula is C9H17N. The molecule has 0 spiro atoms. The number of hydrogen-bond donors (Lipinski definition) is 0. The van der Waals surface area contributed by atoms with Crippen molar-refractivity contribution in [3.8, 4) is 0 Å². The second-order valence-electron chi connectivity index (χ2n) is 3.58. The molecule has 0 saturated carbocycles. The lowest BCUT2D eigenvalue weighted by atomic mass is 10.0. The van der Waals surface area contributed by atoms with E-state index in [1.807, 2.05) is 0 Å². The highest BCUT2D eigenvalue weighted by Gasteiger charge is 2.09. The number of nitrogens with zero attached hydrogens (tertiary/aromatic N) is 1. The van der Waals surface area contributed by atoms with Gasteiger partial charge in [0, 0.05) is 13.1 Å². The van der Waals surface area contributed by atoms with E-state index in [0.717, 1.165) is 12.5 Å². The molecule has 0 aliphatic carbocycles. The zero-order valence-corrected chi connectivity index (χ0v) is 7.22. The van der Waals surface area contributed by atoms with Gasteiger partial charge in [0.15, 0.2) is 0 Å². The standard InChI is InChI=1S/C9H17N/c1-8-4-5-10(3)7-9(2)6-8/h4,9H,5-7H2,1-3H3. The van der Waals surface area contributed by atoms with Crippen LogP contribution in [0.5, 0.6) is 0 Å². The summed E-state index contributed by atoms with van der Waals surface area (Å²) in [5.41, 5.74) is 1.55. The topological polar surface area (TPSA) is 3.24 Å². The van der Waals surface area contributed by atoms with Crippen LogP contribution in [0.2, 0.25) is 0 Å². The molecule has 1 aliphatic rings. The Labute approximate surface area is 63.7 Å². The summed E-state index contributed by atoms with van der Waals surface area (Å²) in [5.74, 6) is 0.837. The van der Waals surface area contributed by atoms with Crippen molar-refractivity contribution in [2.45, 2.75) is 20.3 Å². The molecule has 1 atom stereocenters. The van der Waals surface area contributed by atoms with Gasteiger partial charge in [-0.3, -0.25) is 0 Å². The van der Waals surface area contributed by atoms with Gasteiger partial charge < -0.3 is 4.90 Å². The van der Waals surface area contributed by atoms with Gasteiger partial charge in [-0.1, -0.05) is 18.6 Å². The molecule has 1 unspecified atom stereocenters. The summed E-state index contributed by atoms with van der Waals surface area (Å²) in [6.07, 6.45) is 3.62. The highest BCUT2D eigenvalue weighted by Crippen LogP contribution is 2.14. The molecule has 1 heteroatoms. The van der Waals surface area contributed by atoms with Crippen molar-refractivity contribution in [2.75, 3.05) is 20.1 Å². The monoisotopic (exact) mass is 139 g/mol. The number of allylic oxidation sites excluding steroid dienone is 1. The maximum atomic E-state index is 2.38. The SMILES string of the molecule is CC1=CCN(C)CC(C)C1. The molecule has 1 aliphatic heterocycles. The van der Waals surface area contributed by atoms with E-state index in [-0.39, 0.29) is 0 Å². The van der Waals surface area contributed by atoms with E-state index in [1.54, 1.807) is 5.57 Å². The first-order chi connectivity index (χ1) is 4.68. The van der Waals surface area contributed by atoms with Crippen LogP contribution in [0, 0.1) is 5.92 Å². The Morgan fingerprint density at radius 3 is 3.00 bits per heavy atom. The van der Waals surface area contributed by atoms with Crippen LogP contribution in [-0.4, -0.2) is 25.0 Å². The van der Waals surface area contributed by atoms with Gasteiger partial charge in [0.2, 0.25) is 0 Å². The fraction of sp³-hybridized carbons (Fsp3) is 0.778. The second kappa shape index (κ2) is 3.20. The van der Waals surface area contributed by atoms with E-state index in [4.69, 9.17) is 0 Å². The zero-order valence-electron chi connectivity index (χ0n) is 7.22. The van der Waals surface area contributed by atoms with E-state index < -0.39 is 0 Å². The third kappa shape index (κ3) is 2.14. The smallest absolute Gasteiger partial charge is 0.0162 e. The molecule has 0 aromatic carbocycles. The molecule has 58 valence electrons. The summed E-state index contributed by atoms with van der Waals surface area (Å²) < 4.78 is 0. The highest BCUT2D eigenvalue weighted by molar-refractivity contribution is 5.02. The van der Waals surface area contributed by atoms with Crippen molar-refractivity contribution < 1.29 is 0 Å². The molecule has 0 N–H and O–H groups in total. The Morgan fingerprint density at radius 2 is 2.30 bits per heavy atom. The molecule has 0 radical (unpaired) electrons. The minimum Gasteiger partial charge on any atom is -0.302 e. The fourth-order valence-electron chi connectivity index (χ4n) is 1.62. The van der Waals surface area contributed by atoms with Gasteiger partial charge in [-0.25, -0.2) is 0 Å². The lowest BCUT2D eigenvalue weighted by Gasteiger charge is -2.15. The average molecular weight is 139 g/mol. The van der Waals surface area contributed by atoms with Crippen LogP contribution in [0.4, 0.5) is 0 Å². The van der Waals surface area contributed by atoms with Gasteiger partial charge in [-0.05, 0) is 26.3 Å². The molecule has 0 fully saturated rings. The number of rotatable bonds is 0. The average Bonchev–Trinajstić information content (AvgIpc) is 1.93. The van der Waals surface area contributed by atoms with E-state index >= 15 is 0 Å². The van der Waals surface area contributed by atoms with Crippen LogP contribution in [0.3, 0.4) is 0 Å². The van der Waals surface area contributed by atoms with Gasteiger partial charge >= 0.3 is 0 Å². The zero-order chi connectivity index (χ0) is 7.56. The normalized spacial score (nSPS) is 29.5. The quantitative estimate of drug-likeness (QED) is 0.463. The molecule has 1 heterocycles. The second-order valence-corrected chi connectivity index (χ2v) is 3.58. The molecule has 1 rings (SSSR count). The van der Waals surface area contributed by atoms with Crippen LogP contribution >= 0.6 is 0 Å². The van der Waals surface area contributed by atoms with Crippen LogP contribution in [0.15, 0.2) is 11.6 Å². The third-order valence-electron chi connectivity index (χ3n) is 2.05. The molecule has 0 aromatic heterocycles. The molecule has 0 amide bonds. The van der Waals surface area contributed by atoms with Crippen LogP contribution in [0.25, 0.3) is 0 Å². The molecular weight excluding hydrogens is 122 g/mol. The maximum Gasteiger partial charge on any atom is 0.0162 e. The predicted octanol–water partition coefficient (Wildman–Crippen LogP) is 1.90. The molecule has 0 saturated heterocycles. The van der Waals surface area contributed by atoms with Crippen molar-refractivity contribution in [1.82, 2.24) is 4.90 Å². The Kier molecular flexibility index (Phi) is 2.50. The lowest BCUT2D eigenvalue weighted by molar-refractivity contribution is 0.321. The van der Waals surface area contributed by atoms with Crippen molar-refractivity contribution in [1.29, 1.82) is 0 Å². The predicted molar refractivity (Wildman–Crippen MR) is 45.0 cm³/mol. The summed E-state index contributed by atoms with van der Waals surface area (Å²) in [6, 6.07) is 0. The summed E-state index contributed by atoms with van der Waals surface area (Å²) in [7, 11) is 2.19. The first kappa shape index (κ1) is 7.80. The highest BCUT2D eigenvalue weighted by atomic mass is 15.1. The Bertz CT molecular complexity index is 138. The van der Waals surface area contributed by atoms with Crippen LogP contribution < -0.4 is 0 Å². The molecule has 0 aromatic rings. The lowest BCUT2D eigenvalue weighted by Crippen LogP contribution is -2.22. The van der Waals surface area contributed by atoms with Crippen molar-refractivity contribution in [3.63, 3.8) is 0 Å². The number of hydrogen-bond acceptors (Lipinski definition) is 1. The Morgan fingerprint density at radius 1 is 1.60 bits per heavy atom. The first-order valence-corrected chi connectivity index (χ1v) is 4.02. The Hall–Kier alpha value is -0.300. The fourth-order valence-corrected chi connectivity index (χ4v) is 1.62. The maximum absolute atomic E-state index is 2.38. The van der Waals surface area contributed by atoms with E-state index in [9.17, 15) is 0 Å². The third-order valence-corrected chi connectivity index (χ3v) is 2.05. The van der Waals surface area contributed by atoms with E-state index in [2.05, 4.69) is 31.9 Å². The number of likely N-dealkylation sites (N-methyl/N-ethyl adjacent to an activating group) is 1. The van der Waals surface area contributed by atoms with Gasteiger partial charge in [-0.15, -0.1) is 0 Å². The van der Waals surface area contributed by atoms with Crippen molar-refractivity contribution in [2.24, 2.45) is 5.92 Å². The van der Waals surface area contributed by atoms with Crippen LogP contribution in [-0.2, 0) is 0 Å². The summed E-state index contributed by atoms with van der Waals surface area (Å²) >= 11 is 0. The van der Waals surface area contributed by atoms with Gasteiger partial charge in [0.25, 0.3) is 0 Å². The molecule has 0 bridgehead atoms. The Balaban J connectivity index is 2.53. The molecule has 1 nitrogen and oxygen atoms in total. The minimum atomic E-state index is 0.837. The van der Waals surface area contributed by atoms with Gasteiger partial charge in [0.1, 0.15) is 0 Å². The van der Waals surface area contributed by atoms with Crippen LogP contribution in [0.1, 0.15) is 20.3 Å². The summed E-state index contributed by atoms with van der Waals surface area (Å²) in [6.45, 7) is 6.93. The summed E-state index contributed by atoms with van der Waals surface area (Å²) in [4.78, 5) is 2.38.